The molecule has 0 amide bonds. The van der Waals surface area contributed by atoms with Gasteiger partial charge < -0.3 is 14.9 Å². The number of carbonyl (C=O) groups is 1. The standard InChI is InChI=1S/C10H11FO4/c1-10(14,9(12)13)7-5-6(11)3-4-8(7)15-2/h3-5,14H,1-2H3,(H,12,13). The van der Waals surface area contributed by atoms with Crippen LogP contribution < -0.4 is 4.74 Å². The van der Waals surface area contributed by atoms with Crippen LogP contribution >= 0.6 is 0 Å². The normalized spacial score (nSPS) is 14.4. The second-order valence-corrected chi connectivity index (χ2v) is 3.22. The average Bonchev–Trinajstić information content (AvgIpc) is 2.17. The van der Waals surface area contributed by atoms with Crippen LogP contribution in [0.15, 0.2) is 18.2 Å². The first kappa shape index (κ1) is 11.5. The van der Waals surface area contributed by atoms with E-state index in [0.717, 1.165) is 19.1 Å². The molecule has 0 aliphatic carbocycles. The van der Waals surface area contributed by atoms with Crippen LogP contribution in [0.3, 0.4) is 0 Å². The van der Waals surface area contributed by atoms with Gasteiger partial charge in [0.25, 0.3) is 0 Å². The van der Waals surface area contributed by atoms with E-state index in [4.69, 9.17) is 9.84 Å². The molecule has 0 heterocycles. The van der Waals surface area contributed by atoms with Gasteiger partial charge in [-0.3, -0.25) is 0 Å². The van der Waals surface area contributed by atoms with Crippen LogP contribution in [0.2, 0.25) is 0 Å². The summed E-state index contributed by atoms with van der Waals surface area (Å²) in [5, 5.41) is 18.4. The maximum atomic E-state index is 12.9. The summed E-state index contributed by atoms with van der Waals surface area (Å²) in [5.74, 6) is -1.97. The number of hydrogen-bond donors (Lipinski definition) is 2. The Labute approximate surface area is 85.9 Å². The molecule has 0 bridgehead atoms. The fourth-order valence-corrected chi connectivity index (χ4v) is 1.18. The van der Waals surface area contributed by atoms with Crippen molar-refractivity contribution in [2.75, 3.05) is 7.11 Å². The van der Waals surface area contributed by atoms with Gasteiger partial charge in [-0.1, -0.05) is 0 Å². The molecule has 0 spiro atoms. The van der Waals surface area contributed by atoms with Crippen molar-refractivity contribution in [2.45, 2.75) is 12.5 Å². The number of benzene rings is 1. The summed E-state index contributed by atoms with van der Waals surface area (Å²) in [6.07, 6.45) is 0. The summed E-state index contributed by atoms with van der Waals surface area (Å²) >= 11 is 0. The number of ether oxygens (including phenoxy) is 1. The molecular weight excluding hydrogens is 203 g/mol. The first-order valence-corrected chi connectivity index (χ1v) is 4.19. The highest BCUT2D eigenvalue weighted by molar-refractivity contribution is 5.79. The van der Waals surface area contributed by atoms with Gasteiger partial charge in [0.2, 0.25) is 0 Å². The van der Waals surface area contributed by atoms with Crippen LogP contribution in [0.1, 0.15) is 12.5 Å². The van der Waals surface area contributed by atoms with Crippen molar-refractivity contribution in [3.63, 3.8) is 0 Å². The smallest absolute Gasteiger partial charge is 0.340 e. The summed E-state index contributed by atoms with van der Waals surface area (Å²) < 4.78 is 17.8. The fraction of sp³-hybridized carbons (Fsp3) is 0.300. The summed E-state index contributed by atoms with van der Waals surface area (Å²) in [5.41, 5.74) is -2.29. The Morgan fingerprint density at radius 1 is 1.53 bits per heavy atom. The molecule has 1 atom stereocenters. The molecule has 0 fully saturated rings. The minimum absolute atomic E-state index is 0.113. The van der Waals surface area contributed by atoms with E-state index < -0.39 is 17.4 Å². The first-order chi connectivity index (χ1) is 6.89. The van der Waals surface area contributed by atoms with E-state index in [1.54, 1.807) is 0 Å². The molecule has 0 saturated heterocycles. The lowest BCUT2D eigenvalue weighted by atomic mass is 9.95. The maximum Gasteiger partial charge on any atom is 0.340 e. The topological polar surface area (TPSA) is 66.8 Å². The van der Waals surface area contributed by atoms with E-state index in [1.165, 1.54) is 13.2 Å². The van der Waals surface area contributed by atoms with E-state index in [-0.39, 0.29) is 11.3 Å². The zero-order valence-electron chi connectivity index (χ0n) is 8.32. The zero-order valence-corrected chi connectivity index (χ0v) is 8.32. The monoisotopic (exact) mass is 214 g/mol. The minimum atomic E-state index is -2.17. The molecule has 0 aromatic heterocycles. The molecule has 1 rings (SSSR count). The van der Waals surface area contributed by atoms with Crippen molar-refractivity contribution in [1.29, 1.82) is 0 Å². The molecule has 1 aromatic carbocycles. The van der Waals surface area contributed by atoms with Crippen LogP contribution in [0.4, 0.5) is 4.39 Å². The van der Waals surface area contributed by atoms with Crippen molar-refractivity contribution in [3.05, 3.63) is 29.6 Å². The van der Waals surface area contributed by atoms with Gasteiger partial charge in [-0.2, -0.15) is 0 Å². The molecule has 1 aromatic rings. The predicted octanol–water partition coefficient (Wildman–Crippen LogP) is 1.13. The Morgan fingerprint density at radius 2 is 2.13 bits per heavy atom. The zero-order chi connectivity index (χ0) is 11.6. The van der Waals surface area contributed by atoms with Crippen LogP contribution in [0, 0.1) is 5.82 Å². The molecule has 0 saturated carbocycles. The van der Waals surface area contributed by atoms with E-state index in [0.29, 0.717) is 0 Å². The molecule has 82 valence electrons. The van der Waals surface area contributed by atoms with Crippen molar-refractivity contribution in [1.82, 2.24) is 0 Å². The third-order valence-electron chi connectivity index (χ3n) is 2.10. The number of halogens is 1. The van der Waals surface area contributed by atoms with Gasteiger partial charge in [0, 0.05) is 5.56 Å². The molecule has 1 unspecified atom stereocenters. The number of rotatable bonds is 3. The van der Waals surface area contributed by atoms with Crippen molar-refractivity contribution >= 4 is 5.97 Å². The van der Waals surface area contributed by atoms with Crippen LogP contribution in [0.5, 0.6) is 5.75 Å². The van der Waals surface area contributed by atoms with Crippen LogP contribution in [0.25, 0.3) is 0 Å². The average molecular weight is 214 g/mol. The lowest BCUT2D eigenvalue weighted by Crippen LogP contribution is -2.32. The molecule has 0 radical (unpaired) electrons. The Bertz CT molecular complexity index is 387. The SMILES string of the molecule is COc1ccc(F)cc1C(C)(O)C(=O)O. The highest BCUT2D eigenvalue weighted by Gasteiger charge is 2.35. The second-order valence-electron chi connectivity index (χ2n) is 3.22. The van der Waals surface area contributed by atoms with Gasteiger partial charge in [0.1, 0.15) is 11.6 Å². The Morgan fingerprint density at radius 3 is 2.60 bits per heavy atom. The molecular formula is C10H11FO4. The summed E-state index contributed by atoms with van der Waals surface area (Å²) in [7, 11) is 1.31. The molecule has 15 heavy (non-hydrogen) atoms. The van der Waals surface area contributed by atoms with Gasteiger partial charge in [0.15, 0.2) is 5.60 Å². The van der Waals surface area contributed by atoms with Crippen LogP contribution in [-0.4, -0.2) is 23.3 Å². The fourth-order valence-electron chi connectivity index (χ4n) is 1.18. The van der Waals surface area contributed by atoms with Gasteiger partial charge in [-0.15, -0.1) is 0 Å². The first-order valence-electron chi connectivity index (χ1n) is 4.19. The summed E-state index contributed by atoms with van der Waals surface area (Å²) in [4.78, 5) is 10.8. The molecule has 0 aliphatic rings. The van der Waals surface area contributed by atoms with Crippen LogP contribution in [-0.2, 0) is 10.4 Å². The summed E-state index contributed by atoms with van der Waals surface area (Å²) in [6.45, 7) is 1.06. The lowest BCUT2D eigenvalue weighted by Gasteiger charge is -2.20. The van der Waals surface area contributed by atoms with E-state index in [2.05, 4.69) is 0 Å². The largest absolute Gasteiger partial charge is 0.496 e. The van der Waals surface area contributed by atoms with Gasteiger partial charge >= 0.3 is 5.97 Å². The molecule has 0 aliphatic heterocycles. The highest BCUT2D eigenvalue weighted by atomic mass is 19.1. The predicted molar refractivity (Wildman–Crippen MR) is 50.2 cm³/mol. The number of methoxy groups -OCH3 is 1. The Kier molecular flexibility index (Phi) is 2.95. The van der Waals surface area contributed by atoms with Gasteiger partial charge in [-0.05, 0) is 25.1 Å². The number of carboxylic acids is 1. The van der Waals surface area contributed by atoms with E-state index in [9.17, 15) is 14.3 Å². The quantitative estimate of drug-likeness (QED) is 0.791. The highest BCUT2D eigenvalue weighted by Crippen LogP contribution is 2.30. The number of aliphatic hydroxyl groups is 1. The number of aliphatic carboxylic acids is 1. The van der Waals surface area contributed by atoms with Crippen molar-refractivity contribution in [2.24, 2.45) is 0 Å². The van der Waals surface area contributed by atoms with Crippen molar-refractivity contribution < 1.29 is 24.1 Å². The second kappa shape index (κ2) is 3.86. The van der Waals surface area contributed by atoms with Gasteiger partial charge in [0.05, 0.1) is 7.11 Å². The van der Waals surface area contributed by atoms with Crippen molar-refractivity contribution in [3.8, 4) is 5.75 Å². The van der Waals surface area contributed by atoms with E-state index in [1.807, 2.05) is 0 Å². The lowest BCUT2D eigenvalue weighted by molar-refractivity contribution is -0.157. The Balaban J connectivity index is 3.34. The third-order valence-corrected chi connectivity index (χ3v) is 2.10. The van der Waals surface area contributed by atoms with Gasteiger partial charge in [-0.25, -0.2) is 9.18 Å². The minimum Gasteiger partial charge on any atom is -0.496 e. The molecule has 4 nitrogen and oxygen atoms in total. The molecule has 5 heteroatoms. The third kappa shape index (κ3) is 2.07. The van der Waals surface area contributed by atoms with E-state index >= 15 is 0 Å². The number of hydrogen-bond acceptors (Lipinski definition) is 3. The molecule has 2 N–H and O–H groups in total. The number of carboxylic acid groups (broad SMARTS) is 1. The maximum absolute atomic E-state index is 12.9. The Hall–Kier alpha value is -1.62. The summed E-state index contributed by atoms with van der Waals surface area (Å²) in [6, 6.07) is 3.33.